The molecule has 0 amide bonds. The molecule has 0 aliphatic rings. The third kappa shape index (κ3) is 3.18. The second-order valence-electron chi connectivity index (χ2n) is 3.91. The molecular weight excluding hydrogens is 317 g/mol. The van der Waals surface area contributed by atoms with Crippen molar-refractivity contribution < 1.29 is 17.9 Å². The third-order valence-electron chi connectivity index (χ3n) is 2.72. The number of rotatable bonds is 2. The van der Waals surface area contributed by atoms with Crippen molar-refractivity contribution >= 4 is 0 Å². The monoisotopic (exact) mass is 328 g/mol. The van der Waals surface area contributed by atoms with Gasteiger partial charge in [-0.3, -0.25) is 9.18 Å². The molecule has 0 aliphatic carbocycles. The van der Waals surface area contributed by atoms with Gasteiger partial charge in [-0.05, 0) is 6.07 Å². The number of aromatic nitrogens is 2. The number of alkyl halides is 1. The van der Waals surface area contributed by atoms with Crippen LogP contribution in [0.2, 0.25) is 0 Å². The molecule has 0 radical (unpaired) electrons. The number of benzene rings is 1. The first-order valence-electron chi connectivity index (χ1n) is 5.86. The molecule has 2 aromatic rings. The zero-order valence-corrected chi connectivity index (χ0v) is 12.0. The van der Waals surface area contributed by atoms with E-state index in [0.717, 1.165) is 12.1 Å². The lowest BCUT2D eigenvalue weighted by atomic mass is 10.2. The van der Waals surface area contributed by atoms with E-state index in [1.807, 2.05) is 0 Å². The third-order valence-corrected chi connectivity index (χ3v) is 2.72. The van der Waals surface area contributed by atoms with Gasteiger partial charge in [0.05, 0.1) is 31.6 Å². The lowest BCUT2D eigenvalue weighted by molar-refractivity contribution is 0.411. The Morgan fingerprint density at radius 2 is 1.83 bits per heavy atom. The maximum absolute atomic E-state index is 14.0. The second kappa shape index (κ2) is 7.17. The minimum atomic E-state index is -1.27. The van der Waals surface area contributed by atoms with Crippen LogP contribution in [-0.4, -0.2) is 23.5 Å². The van der Waals surface area contributed by atoms with Gasteiger partial charge >= 0.3 is 5.69 Å². The summed E-state index contributed by atoms with van der Waals surface area (Å²) in [4.78, 5) is 23.5. The van der Waals surface area contributed by atoms with Crippen LogP contribution in [0.25, 0.3) is 5.69 Å². The second-order valence-corrected chi connectivity index (χ2v) is 3.91. The topological polar surface area (TPSA) is 103 Å². The van der Waals surface area contributed by atoms with E-state index in [0.29, 0.717) is 17.8 Å². The zero-order valence-electron chi connectivity index (χ0n) is 12.0. The number of hydrogen-bond donors (Lipinski definition) is 1. The zero-order chi connectivity index (χ0) is 17.7. The van der Waals surface area contributed by atoms with E-state index >= 15 is 0 Å². The SMILES string of the molecule is CF.COc1cc(-n2c(=O)cc(F)n(N)c2=O)c(F)cc1C#N. The molecule has 0 bridgehead atoms. The Morgan fingerprint density at radius 1 is 1.22 bits per heavy atom. The van der Waals surface area contributed by atoms with E-state index in [1.165, 1.54) is 7.11 Å². The van der Waals surface area contributed by atoms with E-state index in [4.69, 9.17) is 15.8 Å². The van der Waals surface area contributed by atoms with Crippen molar-refractivity contribution in [1.29, 1.82) is 5.26 Å². The van der Waals surface area contributed by atoms with E-state index in [9.17, 15) is 22.8 Å². The van der Waals surface area contributed by atoms with Gasteiger partial charge in [0.2, 0.25) is 5.95 Å². The first-order chi connectivity index (χ1) is 10.9. The first-order valence-corrected chi connectivity index (χ1v) is 5.86. The Kier molecular flexibility index (Phi) is 5.56. The Labute approximate surface area is 127 Å². The highest BCUT2D eigenvalue weighted by Crippen LogP contribution is 2.23. The Bertz CT molecular complexity index is 884. The largest absolute Gasteiger partial charge is 0.495 e. The van der Waals surface area contributed by atoms with E-state index < -0.39 is 28.7 Å². The lowest BCUT2D eigenvalue weighted by Crippen LogP contribution is -2.43. The molecular formula is C13H11F3N4O3. The molecule has 23 heavy (non-hydrogen) atoms. The summed E-state index contributed by atoms with van der Waals surface area (Å²) in [6, 6.07) is 3.91. The van der Waals surface area contributed by atoms with Crippen molar-refractivity contribution in [3.63, 3.8) is 0 Å². The number of halogens is 3. The van der Waals surface area contributed by atoms with Gasteiger partial charge in [-0.25, -0.2) is 13.8 Å². The van der Waals surface area contributed by atoms with Gasteiger partial charge in [-0.1, -0.05) is 0 Å². The fourth-order valence-electron chi connectivity index (χ4n) is 1.72. The van der Waals surface area contributed by atoms with Gasteiger partial charge in [-0.15, -0.1) is 0 Å². The fourth-order valence-corrected chi connectivity index (χ4v) is 1.72. The molecule has 2 rings (SSSR count). The highest BCUT2D eigenvalue weighted by atomic mass is 19.1. The molecule has 2 N–H and O–H groups in total. The average Bonchev–Trinajstić information content (AvgIpc) is 2.55. The maximum Gasteiger partial charge on any atom is 0.356 e. The van der Waals surface area contributed by atoms with Gasteiger partial charge in [0.25, 0.3) is 5.56 Å². The van der Waals surface area contributed by atoms with E-state index in [1.54, 1.807) is 6.07 Å². The smallest absolute Gasteiger partial charge is 0.356 e. The van der Waals surface area contributed by atoms with Crippen LogP contribution in [0.15, 0.2) is 27.8 Å². The number of ether oxygens (including phenoxy) is 1. The molecule has 7 nitrogen and oxygen atoms in total. The van der Waals surface area contributed by atoms with Crippen LogP contribution in [0.4, 0.5) is 13.2 Å². The van der Waals surface area contributed by atoms with Crippen LogP contribution < -0.4 is 21.8 Å². The summed E-state index contributed by atoms with van der Waals surface area (Å²) in [6.07, 6.45) is 0. The predicted octanol–water partition coefficient (Wildman–Crippen LogP) is 0.457. The van der Waals surface area contributed by atoms with E-state index in [-0.39, 0.29) is 16.0 Å². The Balaban J connectivity index is 0.00000127. The highest BCUT2D eigenvalue weighted by molar-refractivity contribution is 5.51. The molecule has 1 aromatic heterocycles. The standard InChI is InChI=1S/C12H8F2N4O3.CH3F/c1-21-9-3-8(7(13)2-6(9)5-15)17-11(19)4-10(14)18(16)12(17)20;1-2/h2-4H,16H2,1H3;1H3. The maximum atomic E-state index is 14.0. The minimum Gasteiger partial charge on any atom is -0.495 e. The van der Waals surface area contributed by atoms with Crippen molar-refractivity contribution in [2.75, 3.05) is 20.1 Å². The molecule has 0 aliphatic heterocycles. The Hall–Kier alpha value is -3.22. The summed E-state index contributed by atoms with van der Waals surface area (Å²) in [5, 5.41) is 8.82. The number of nitrogen functional groups attached to an aromatic ring is 1. The van der Waals surface area contributed by atoms with Crippen LogP contribution in [0.1, 0.15) is 5.56 Å². The van der Waals surface area contributed by atoms with Gasteiger partial charge in [0.1, 0.15) is 17.6 Å². The molecule has 1 heterocycles. The molecule has 0 atom stereocenters. The predicted molar refractivity (Wildman–Crippen MR) is 74.7 cm³/mol. The number of nitrogens with two attached hydrogens (primary N) is 1. The average molecular weight is 328 g/mol. The lowest BCUT2D eigenvalue weighted by Gasteiger charge is -2.10. The van der Waals surface area contributed by atoms with Crippen LogP contribution in [0.5, 0.6) is 5.75 Å². The first kappa shape index (κ1) is 17.8. The summed E-state index contributed by atoms with van der Waals surface area (Å²) >= 11 is 0. The number of nitriles is 1. The van der Waals surface area contributed by atoms with Crippen molar-refractivity contribution in [2.45, 2.75) is 0 Å². The summed E-state index contributed by atoms with van der Waals surface area (Å²) in [6.45, 7) is 0. The molecule has 122 valence electrons. The van der Waals surface area contributed by atoms with Gasteiger partial charge in [0.15, 0.2) is 0 Å². The van der Waals surface area contributed by atoms with Crippen molar-refractivity contribution in [2.24, 2.45) is 0 Å². The molecule has 0 saturated heterocycles. The van der Waals surface area contributed by atoms with Crippen molar-refractivity contribution in [3.8, 4) is 17.5 Å². The molecule has 1 aromatic carbocycles. The number of hydrogen-bond acceptors (Lipinski definition) is 5. The van der Waals surface area contributed by atoms with Crippen LogP contribution in [0.3, 0.4) is 0 Å². The quantitative estimate of drug-likeness (QED) is 0.637. The van der Waals surface area contributed by atoms with Crippen LogP contribution in [0, 0.1) is 23.1 Å². The normalized spacial score (nSPS) is 9.57. The van der Waals surface area contributed by atoms with Crippen molar-refractivity contribution in [3.05, 3.63) is 56.4 Å². The number of methoxy groups -OCH3 is 1. The Morgan fingerprint density at radius 3 is 2.35 bits per heavy atom. The van der Waals surface area contributed by atoms with Gasteiger partial charge in [0, 0.05) is 6.07 Å². The highest BCUT2D eigenvalue weighted by Gasteiger charge is 2.17. The summed E-state index contributed by atoms with van der Waals surface area (Å²) < 4.78 is 41.9. The molecule has 0 saturated carbocycles. The summed E-state index contributed by atoms with van der Waals surface area (Å²) in [7, 11) is 1.73. The van der Waals surface area contributed by atoms with Crippen LogP contribution >= 0.6 is 0 Å². The summed E-state index contributed by atoms with van der Waals surface area (Å²) in [5.74, 6) is 2.79. The van der Waals surface area contributed by atoms with E-state index in [2.05, 4.69) is 0 Å². The van der Waals surface area contributed by atoms with Crippen LogP contribution in [-0.2, 0) is 0 Å². The summed E-state index contributed by atoms with van der Waals surface area (Å²) in [5.41, 5.74) is -3.00. The minimum absolute atomic E-state index is 0.0481. The number of nitrogens with zero attached hydrogens (tertiary/aromatic N) is 3. The molecule has 0 unspecified atom stereocenters. The van der Waals surface area contributed by atoms with Gasteiger partial charge in [-0.2, -0.15) is 14.3 Å². The molecule has 0 fully saturated rings. The molecule has 0 spiro atoms. The molecule has 10 heteroatoms. The van der Waals surface area contributed by atoms with Crippen molar-refractivity contribution in [1.82, 2.24) is 9.24 Å². The van der Waals surface area contributed by atoms with Gasteiger partial charge < -0.3 is 10.6 Å². The fraction of sp³-hybridized carbons (Fsp3) is 0.154.